The molecule has 1 aromatic carbocycles. The van der Waals surface area contributed by atoms with Gasteiger partial charge in [0.15, 0.2) is 0 Å². The number of benzene rings is 1. The van der Waals surface area contributed by atoms with Crippen LogP contribution in [0.3, 0.4) is 0 Å². The summed E-state index contributed by atoms with van der Waals surface area (Å²) in [6.45, 7) is 0.0596. The molecule has 0 aromatic heterocycles. The molecule has 0 radical (unpaired) electrons. The lowest BCUT2D eigenvalue weighted by molar-refractivity contribution is -0.0269. The first kappa shape index (κ1) is 11.9. The lowest BCUT2D eigenvalue weighted by atomic mass is 10.3. The van der Waals surface area contributed by atoms with Gasteiger partial charge in [-0.1, -0.05) is 30.0 Å². The second kappa shape index (κ2) is 6.32. The molecule has 0 saturated heterocycles. The second-order valence-electron chi connectivity index (χ2n) is 2.85. The molecule has 0 aliphatic rings. The van der Waals surface area contributed by atoms with Crippen molar-refractivity contribution in [3.8, 4) is 17.6 Å². The van der Waals surface area contributed by atoms with E-state index in [9.17, 15) is 4.79 Å². The van der Waals surface area contributed by atoms with E-state index in [1.807, 2.05) is 30.3 Å². The summed E-state index contributed by atoms with van der Waals surface area (Å²) >= 11 is 0. The topological polar surface area (TPSA) is 75.8 Å². The van der Waals surface area contributed by atoms with Gasteiger partial charge < -0.3 is 10.5 Å². The van der Waals surface area contributed by atoms with Gasteiger partial charge in [0.2, 0.25) is 0 Å². The monoisotopic (exact) mass is 220 g/mol. The van der Waals surface area contributed by atoms with E-state index in [1.165, 1.54) is 0 Å². The molecule has 0 spiro atoms. The highest BCUT2D eigenvalue weighted by atomic mass is 16.5. The summed E-state index contributed by atoms with van der Waals surface area (Å²) in [6.07, 6.45) is 0. The summed E-state index contributed by atoms with van der Waals surface area (Å²) in [4.78, 5) is 10.4. The molecule has 84 valence electrons. The van der Waals surface area contributed by atoms with Crippen LogP contribution in [0.1, 0.15) is 0 Å². The molecule has 5 nitrogen and oxygen atoms in total. The lowest BCUT2D eigenvalue weighted by Gasteiger charge is -2.05. The molecule has 3 N–H and O–H groups in total. The zero-order valence-corrected chi connectivity index (χ0v) is 8.59. The molecule has 2 amide bonds. The van der Waals surface area contributed by atoms with E-state index >= 15 is 0 Å². The van der Waals surface area contributed by atoms with Crippen molar-refractivity contribution in [2.75, 3.05) is 13.2 Å². The van der Waals surface area contributed by atoms with E-state index in [2.05, 4.69) is 11.8 Å². The zero-order chi connectivity index (χ0) is 11.8. The van der Waals surface area contributed by atoms with Gasteiger partial charge in [0.1, 0.15) is 18.9 Å². The first-order valence-electron chi connectivity index (χ1n) is 4.59. The fourth-order valence-electron chi connectivity index (χ4n) is 0.896. The Morgan fingerprint density at radius 3 is 2.69 bits per heavy atom. The molecule has 1 aromatic rings. The van der Waals surface area contributed by atoms with Gasteiger partial charge in [-0.15, -0.1) is 0 Å². The molecule has 0 aliphatic carbocycles. The number of carbonyl (C=O) groups excluding carboxylic acids is 1. The minimum atomic E-state index is -0.932. The van der Waals surface area contributed by atoms with E-state index < -0.39 is 6.03 Å². The number of para-hydroxylation sites is 1. The van der Waals surface area contributed by atoms with Gasteiger partial charge in [0.05, 0.1) is 0 Å². The van der Waals surface area contributed by atoms with Crippen molar-refractivity contribution >= 4 is 6.03 Å². The molecule has 1 rings (SSSR count). The van der Waals surface area contributed by atoms with Crippen molar-refractivity contribution in [1.29, 1.82) is 0 Å². The van der Waals surface area contributed by atoms with Crippen LogP contribution < -0.4 is 10.5 Å². The van der Waals surface area contributed by atoms with Gasteiger partial charge >= 0.3 is 6.03 Å². The Bertz CT molecular complexity index is 395. The first-order valence-corrected chi connectivity index (χ1v) is 4.59. The van der Waals surface area contributed by atoms with Crippen LogP contribution in [0.4, 0.5) is 4.79 Å². The number of carbonyl (C=O) groups is 1. The standard InChI is InChI=1S/C11H12N2O3/c12-11(14)13(15)8-4-5-9-16-10-6-2-1-3-7-10/h1-3,6-7,15H,8-9H2,(H2,12,14). The summed E-state index contributed by atoms with van der Waals surface area (Å²) in [6, 6.07) is 8.27. The summed E-state index contributed by atoms with van der Waals surface area (Å²) in [5.74, 6) is 5.89. The molecular weight excluding hydrogens is 208 g/mol. The Kier molecular flexibility index (Phi) is 4.70. The average molecular weight is 220 g/mol. The minimum Gasteiger partial charge on any atom is -0.481 e. The van der Waals surface area contributed by atoms with E-state index in [4.69, 9.17) is 15.7 Å². The van der Waals surface area contributed by atoms with Crippen molar-refractivity contribution in [1.82, 2.24) is 5.06 Å². The second-order valence-corrected chi connectivity index (χ2v) is 2.85. The smallest absolute Gasteiger partial charge is 0.339 e. The molecule has 5 heteroatoms. The summed E-state index contributed by atoms with van der Waals surface area (Å²) in [5, 5.41) is 9.19. The predicted molar refractivity (Wildman–Crippen MR) is 57.8 cm³/mol. The van der Waals surface area contributed by atoms with Crippen LogP contribution in [-0.2, 0) is 0 Å². The van der Waals surface area contributed by atoms with Crippen molar-refractivity contribution in [2.24, 2.45) is 5.73 Å². The number of urea groups is 1. The van der Waals surface area contributed by atoms with Gasteiger partial charge in [-0.3, -0.25) is 5.21 Å². The maximum absolute atomic E-state index is 10.4. The van der Waals surface area contributed by atoms with Crippen LogP contribution in [0.25, 0.3) is 0 Å². The fraction of sp³-hybridized carbons (Fsp3) is 0.182. The number of primary amides is 1. The Morgan fingerprint density at radius 1 is 1.38 bits per heavy atom. The number of hydroxylamine groups is 2. The normalized spacial score (nSPS) is 8.81. The van der Waals surface area contributed by atoms with E-state index in [1.54, 1.807) is 0 Å². The third-order valence-electron chi connectivity index (χ3n) is 1.66. The maximum Gasteiger partial charge on any atom is 0.339 e. The van der Waals surface area contributed by atoms with Crippen molar-refractivity contribution < 1.29 is 14.7 Å². The number of rotatable bonds is 3. The molecule has 0 aliphatic heterocycles. The van der Waals surface area contributed by atoms with Crippen LogP contribution >= 0.6 is 0 Å². The quantitative estimate of drug-likeness (QED) is 0.450. The highest BCUT2D eigenvalue weighted by Gasteiger charge is 2.00. The number of nitrogens with zero attached hydrogens (tertiary/aromatic N) is 1. The van der Waals surface area contributed by atoms with Gasteiger partial charge in [-0.05, 0) is 12.1 Å². The van der Waals surface area contributed by atoms with Crippen LogP contribution in [0.2, 0.25) is 0 Å². The van der Waals surface area contributed by atoms with Gasteiger partial charge in [-0.25, -0.2) is 4.79 Å². The molecule has 0 heterocycles. The molecule has 0 saturated carbocycles. The van der Waals surface area contributed by atoms with E-state index in [0.29, 0.717) is 10.8 Å². The molecule has 16 heavy (non-hydrogen) atoms. The van der Waals surface area contributed by atoms with E-state index in [0.717, 1.165) is 0 Å². The fourth-order valence-corrected chi connectivity index (χ4v) is 0.896. The van der Waals surface area contributed by atoms with Crippen molar-refractivity contribution in [3.63, 3.8) is 0 Å². The number of hydrogen-bond acceptors (Lipinski definition) is 3. The van der Waals surface area contributed by atoms with Gasteiger partial charge in [0, 0.05) is 0 Å². The third-order valence-corrected chi connectivity index (χ3v) is 1.66. The Hall–Kier alpha value is -2.19. The van der Waals surface area contributed by atoms with Gasteiger partial charge in [0.25, 0.3) is 0 Å². The van der Waals surface area contributed by atoms with Crippen molar-refractivity contribution in [3.05, 3.63) is 30.3 Å². The predicted octanol–water partition coefficient (Wildman–Crippen LogP) is 0.839. The van der Waals surface area contributed by atoms with Gasteiger partial charge in [-0.2, -0.15) is 5.06 Å². The summed E-state index contributed by atoms with van der Waals surface area (Å²) in [7, 11) is 0. The van der Waals surface area contributed by atoms with Crippen LogP contribution in [-0.4, -0.2) is 29.5 Å². The van der Waals surface area contributed by atoms with Crippen molar-refractivity contribution in [2.45, 2.75) is 0 Å². The first-order chi connectivity index (χ1) is 7.70. The minimum absolute atomic E-state index is 0.131. The summed E-state index contributed by atoms with van der Waals surface area (Å²) < 4.78 is 5.26. The number of ether oxygens (including phenoxy) is 1. The largest absolute Gasteiger partial charge is 0.481 e. The number of amides is 2. The Labute approximate surface area is 93.4 Å². The number of nitrogens with two attached hydrogens (primary N) is 1. The molecule has 0 unspecified atom stereocenters. The highest BCUT2D eigenvalue weighted by molar-refractivity contribution is 5.70. The SMILES string of the molecule is NC(=O)N(O)CC#CCOc1ccccc1. The Morgan fingerprint density at radius 2 is 2.06 bits per heavy atom. The molecule has 0 fully saturated rings. The third kappa shape index (κ3) is 4.35. The zero-order valence-electron chi connectivity index (χ0n) is 8.59. The summed E-state index contributed by atoms with van der Waals surface area (Å²) in [5.41, 5.74) is 4.78. The van der Waals surface area contributed by atoms with Crippen LogP contribution in [0.5, 0.6) is 5.75 Å². The van der Waals surface area contributed by atoms with Crippen LogP contribution in [0, 0.1) is 11.8 Å². The maximum atomic E-state index is 10.4. The molecular formula is C11H12N2O3. The Balaban J connectivity index is 2.26. The average Bonchev–Trinajstić information content (AvgIpc) is 2.29. The van der Waals surface area contributed by atoms with Crippen LogP contribution in [0.15, 0.2) is 30.3 Å². The highest BCUT2D eigenvalue weighted by Crippen LogP contribution is 2.07. The number of hydrogen-bond donors (Lipinski definition) is 2. The molecule has 0 atom stereocenters. The van der Waals surface area contributed by atoms with E-state index in [-0.39, 0.29) is 13.2 Å². The lowest BCUT2D eigenvalue weighted by Crippen LogP contribution is -2.32. The molecule has 0 bridgehead atoms.